The summed E-state index contributed by atoms with van der Waals surface area (Å²) in [6.07, 6.45) is 3.44. The molecule has 0 spiro atoms. The first-order valence-electron chi connectivity index (χ1n) is 15.0. The van der Waals surface area contributed by atoms with E-state index < -0.39 is 0 Å². The molecule has 0 aliphatic carbocycles. The average Bonchev–Trinajstić information content (AvgIpc) is 3.66. The second-order valence-electron chi connectivity index (χ2n) is 11.9. The van der Waals surface area contributed by atoms with Gasteiger partial charge in [-0.3, -0.25) is 23.5 Å². The number of aromatic nitrogens is 6. The minimum atomic E-state index is -0.240. The van der Waals surface area contributed by atoms with Crippen molar-refractivity contribution < 1.29 is 9.53 Å². The Bertz CT molecular complexity index is 1770. The summed E-state index contributed by atoms with van der Waals surface area (Å²) in [5, 5.41) is 13.6. The summed E-state index contributed by atoms with van der Waals surface area (Å²) in [5.41, 5.74) is 5.68. The number of hydrogen-bond donors (Lipinski definition) is 1. The zero-order chi connectivity index (χ0) is 30.2. The van der Waals surface area contributed by atoms with Crippen molar-refractivity contribution >= 4 is 28.1 Å². The number of fused-ring (bicyclic) bond motifs is 2. The Morgan fingerprint density at radius 3 is 2.74 bits per heavy atom. The normalized spacial score (nSPS) is 16.5. The van der Waals surface area contributed by atoms with E-state index >= 15 is 0 Å². The number of rotatable bonds is 9. The molecular formula is C32H41N9O2. The number of likely N-dealkylation sites (N-methyl/N-ethyl adjacent to an activating group) is 1. The Labute approximate surface area is 252 Å². The van der Waals surface area contributed by atoms with Gasteiger partial charge in [0, 0.05) is 61.6 Å². The van der Waals surface area contributed by atoms with Gasteiger partial charge in [-0.05, 0) is 65.9 Å². The monoisotopic (exact) mass is 583 g/mol. The zero-order valence-electron chi connectivity index (χ0n) is 25.9. The van der Waals surface area contributed by atoms with E-state index in [4.69, 9.17) is 14.9 Å². The van der Waals surface area contributed by atoms with Gasteiger partial charge in [-0.15, -0.1) is 0 Å². The molecule has 1 fully saturated rings. The lowest BCUT2D eigenvalue weighted by molar-refractivity contribution is 0.0928. The van der Waals surface area contributed by atoms with Crippen molar-refractivity contribution in [3.8, 4) is 5.75 Å². The number of aryl methyl sites for hydroxylation is 2. The van der Waals surface area contributed by atoms with Crippen LogP contribution in [-0.4, -0.2) is 90.5 Å². The van der Waals surface area contributed by atoms with Gasteiger partial charge in [-0.1, -0.05) is 6.07 Å². The van der Waals surface area contributed by atoms with Crippen LogP contribution in [0.25, 0.3) is 16.6 Å². The van der Waals surface area contributed by atoms with Gasteiger partial charge in [-0.25, -0.2) is 4.98 Å². The molecule has 1 aliphatic heterocycles. The molecule has 1 aromatic carbocycles. The number of nitrogens with zero attached hydrogens (tertiary/aromatic N) is 8. The van der Waals surface area contributed by atoms with Crippen LogP contribution in [0, 0.1) is 13.8 Å². The minimum absolute atomic E-state index is 0.240. The largest absolute Gasteiger partial charge is 0.492 e. The summed E-state index contributed by atoms with van der Waals surface area (Å²) in [7, 11) is 2.18. The third kappa shape index (κ3) is 5.87. The van der Waals surface area contributed by atoms with E-state index in [0.29, 0.717) is 42.3 Å². The van der Waals surface area contributed by atoms with E-state index in [9.17, 15) is 4.79 Å². The lowest BCUT2D eigenvalue weighted by atomic mass is 10.1. The fraction of sp³-hybridized carbons (Fsp3) is 0.438. The molecule has 11 heteroatoms. The quantitative estimate of drug-likeness (QED) is 0.275. The van der Waals surface area contributed by atoms with E-state index in [1.165, 1.54) is 0 Å². The third-order valence-electron chi connectivity index (χ3n) is 8.41. The van der Waals surface area contributed by atoms with E-state index in [1.54, 1.807) is 10.6 Å². The number of benzene rings is 1. The number of piperazine rings is 1. The molecule has 0 bridgehead atoms. The lowest BCUT2D eigenvalue weighted by Gasteiger charge is -2.37. The number of anilines is 1. The molecule has 43 heavy (non-hydrogen) atoms. The highest BCUT2D eigenvalue weighted by molar-refractivity contribution is 6.08. The van der Waals surface area contributed by atoms with Gasteiger partial charge in [0.2, 0.25) is 0 Å². The van der Waals surface area contributed by atoms with Gasteiger partial charge < -0.3 is 15.0 Å². The molecule has 1 amide bonds. The molecule has 1 atom stereocenters. The molecule has 5 heterocycles. The van der Waals surface area contributed by atoms with Crippen molar-refractivity contribution in [2.24, 2.45) is 0 Å². The van der Waals surface area contributed by atoms with Crippen LogP contribution in [0.5, 0.6) is 5.75 Å². The fourth-order valence-corrected chi connectivity index (χ4v) is 5.98. The number of nitrogens with one attached hydrogen (secondary N) is 1. The number of imidazole rings is 1. The summed E-state index contributed by atoms with van der Waals surface area (Å²) in [6, 6.07) is 12.6. The molecule has 6 rings (SSSR count). The van der Waals surface area contributed by atoms with Crippen LogP contribution in [0.4, 0.5) is 5.69 Å². The number of ether oxygens (including phenoxy) is 1. The van der Waals surface area contributed by atoms with Crippen LogP contribution in [0.1, 0.15) is 54.4 Å². The Kier molecular flexibility index (Phi) is 7.93. The third-order valence-corrected chi connectivity index (χ3v) is 8.41. The molecule has 1 aliphatic rings. The van der Waals surface area contributed by atoms with Crippen LogP contribution in [-0.2, 0) is 6.54 Å². The Balaban J connectivity index is 1.15. The van der Waals surface area contributed by atoms with Crippen molar-refractivity contribution in [3.63, 3.8) is 0 Å². The fourth-order valence-electron chi connectivity index (χ4n) is 5.98. The Morgan fingerprint density at radius 2 is 1.98 bits per heavy atom. The summed E-state index contributed by atoms with van der Waals surface area (Å²) in [4.78, 5) is 22.8. The highest BCUT2D eigenvalue weighted by Crippen LogP contribution is 2.28. The first-order valence-corrected chi connectivity index (χ1v) is 15.0. The van der Waals surface area contributed by atoms with Crippen LogP contribution < -0.4 is 10.1 Å². The zero-order valence-corrected chi connectivity index (χ0v) is 25.9. The molecule has 1 saturated heterocycles. The minimum Gasteiger partial charge on any atom is -0.492 e. The van der Waals surface area contributed by atoms with Gasteiger partial charge in [0.05, 0.1) is 35.3 Å². The second kappa shape index (κ2) is 11.8. The number of carbonyl (C=O) groups excluding carboxylic acids is 1. The van der Waals surface area contributed by atoms with Crippen LogP contribution >= 0.6 is 0 Å². The number of carbonyl (C=O) groups is 1. The van der Waals surface area contributed by atoms with Gasteiger partial charge in [0.1, 0.15) is 23.7 Å². The van der Waals surface area contributed by atoms with Crippen molar-refractivity contribution in [1.82, 2.24) is 38.7 Å². The van der Waals surface area contributed by atoms with Crippen molar-refractivity contribution in [2.75, 3.05) is 45.2 Å². The number of amides is 1. The Morgan fingerprint density at radius 1 is 1.14 bits per heavy atom. The maximum atomic E-state index is 13.5. The van der Waals surface area contributed by atoms with Crippen LogP contribution in [0.3, 0.4) is 0 Å². The Hall–Kier alpha value is -4.22. The van der Waals surface area contributed by atoms with Gasteiger partial charge in [0.15, 0.2) is 0 Å². The van der Waals surface area contributed by atoms with Gasteiger partial charge in [-0.2, -0.15) is 10.2 Å². The SMILES string of the molecule is Cc1nn(Cc2cc(C)n(C(C)C)n2)c2cccc(NC(=O)c3cnc4cc(OCCN5CCN(C)C(C)C5)ccn34)c12. The predicted molar refractivity (Wildman–Crippen MR) is 168 cm³/mol. The lowest BCUT2D eigenvalue weighted by Crippen LogP contribution is -2.50. The van der Waals surface area contributed by atoms with Crippen molar-refractivity contribution in [3.05, 3.63) is 71.6 Å². The van der Waals surface area contributed by atoms with Crippen LogP contribution in [0.2, 0.25) is 0 Å². The molecule has 5 aromatic rings. The molecule has 0 radical (unpaired) electrons. The topological polar surface area (TPSA) is 97.8 Å². The maximum Gasteiger partial charge on any atom is 0.274 e. The highest BCUT2D eigenvalue weighted by atomic mass is 16.5. The summed E-state index contributed by atoms with van der Waals surface area (Å²) < 4.78 is 11.8. The van der Waals surface area contributed by atoms with Crippen LogP contribution in [0.15, 0.2) is 48.8 Å². The van der Waals surface area contributed by atoms with E-state index in [2.05, 4.69) is 60.9 Å². The van der Waals surface area contributed by atoms with E-state index in [0.717, 1.165) is 59.9 Å². The average molecular weight is 584 g/mol. The van der Waals surface area contributed by atoms with Crippen molar-refractivity contribution in [2.45, 2.75) is 53.2 Å². The molecule has 1 unspecified atom stereocenters. The van der Waals surface area contributed by atoms with Gasteiger partial charge >= 0.3 is 0 Å². The van der Waals surface area contributed by atoms with Gasteiger partial charge in [0.25, 0.3) is 5.91 Å². The smallest absolute Gasteiger partial charge is 0.274 e. The molecular weight excluding hydrogens is 542 g/mol. The molecule has 4 aromatic heterocycles. The first kappa shape index (κ1) is 28.9. The van der Waals surface area contributed by atoms with E-state index in [1.807, 2.05) is 52.8 Å². The predicted octanol–water partition coefficient (Wildman–Crippen LogP) is 4.39. The standard InChI is InChI=1S/C32H41N9O2/c1-21(2)41-22(3)16-25(36-41)20-40-28-9-7-8-27(31(28)24(5)35-40)34-32(42)29-18-33-30-17-26(10-11-39(29)30)43-15-14-38-13-12-37(6)23(4)19-38/h7-11,16-18,21,23H,12-15,19-20H2,1-6H3,(H,34,42). The summed E-state index contributed by atoms with van der Waals surface area (Å²) >= 11 is 0. The number of pyridine rings is 1. The highest BCUT2D eigenvalue weighted by Gasteiger charge is 2.21. The molecule has 0 saturated carbocycles. The summed E-state index contributed by atoms with van der Waals surface area (Å²) in [5.74, 6) is 0.504. The maximum absolute atomic E-state index is 13.5. The molecule has 11 nitrogen and oxygen atoms in total. The molecule has 226 valence electrons. The molecule has 1 N–H and O–H groups in total. The first-order chi connectivity index (χ1) is 20.7. The van der Waals surface area contributed by atoms with E-state index in [-0.39, 0.29) is 5.91 Å². The number of hydrogen-bond acceptors (Lipinski definition) is 7. The summed E-state index contributed by atoms with van der Waals surface area (Å²) in [6.45, 7) is 15.8. The second-order valence-corrected chi connectivity index (χ2v) is 11.9. The van der Waals surface area contributed by atoms with Crippen molar-refractivity contribution in [1.29, 1.82) is 0 Å².